The summed E-state index contributed by atoms with van der Waals surface area (Å²) in [6, 6.07) is 0. The zero-order chi connectivity index (χ0) is 9.68. The quantitative estimate of drug-likeness (QED) is 0.612. The second-order valence-electron chi connectivity index (χ2n) is 2.83. The Balaban J connectivity index is 2.41. The van der Waals surface area contributed by atoms with E-state index in [1.54, 1.807) is 24.3 Å². The number of hydrogen-bond donors (Lipinski definition) is 0. The smallest absolute Gasteiger partial charge is 0.116 e. The number of halogens is 1. The predicted octanol–water partition coefficient (Wildman–Crippen LogP) is 1.89. The van der Waals surface area contributed by atoms with Crippen molar-refractivity contribution in [1.82, 2.24) is 14.9 Å². The SMILES string of the molecule is CN(C)CCSc1ncncc1Br. The van der Waals surface area contributed by atoms with Crippen molar-refractivity contribution in [3.05, 3.63) is 17.0 Å². The molecule has 1 rings (SSSR count). The number of rotatable bonds is 4. The van der Waals surface area contributed by atoms with Gasteiger partial charge in [-0.05, 0) is 30.0 Å². The molecule has 0 radical (unpaired) electrons. The minimum absolute atomic E-state index is 0.971. The highest BCUT2D eigenvalue weighted by atomic mass is 79.9. The molecule has 0 fully saturated rings. The number of hydrogen-bond acceptors (Lipinski definition) is 4. The maximum atomic E-state index is 4.16. The molecule has 0 saturated carbocycles. The topological polar surface area (TPSA) is 29.0 Å². The molecule has 0 saturated heterocycles. The van der Waals surface area contributed by atoms with E-state index in [1.807, 2.05) is 0 Å². The molecule has 72 valence electrons. The highest BCUT2D eigenvalue weighted by Crippen LogP contribution is 2.23. The van der Waals surface area contributed by atoms with Crippen LogP contribution in [0.1, 0.15) is 0 Å². The van der Waals surface area contributed by atoms with Crippen LogP contribution >= 0.6 is 27.7 Å². The van der Waals surface area contributed by atoms with Crippen LogP contribution in [-0.2, 0) is 0 Å². The van der Waals surface area contributed by atoms with E-state index in [-0.39, 0.29) is 0 Å². The van der Waals surface area contributed by atoms with Gasteiger partial charge in [0.05, 0.1) is 4.47 Å². The molecule has 0 atom stereocenters. The molecule has 1 aromatic heterocycles. The van der Waals surface area contributed by atoms with Crippen molar-refractivity contribution in [3.8, 4) is 0 Å². The van der Waals surface area contributed by atoms with E-state index < -0.39 is 0 Å². The maximum absolute atomic E-state index is 4.16. The largest absolute Gasteiger partial charge is 0.309 e. The molecule has 5 heteroatoms. The zero-order valence-electron chi connectivity index (χ0n) is 7.70. The Morgan fingerprint density at radius 3 is 2.92 bits per heavy atom. The van der Waals surface area contributed by atoms with E-state index in [0.717, 1.165) is 21.8 Å². The third-order valence-electron chi connectivity index (χ3n) is 1.41. The molecule has 0 bridgehead atoms. The highest BCUT2D eigenvalue weighted by Gasteiger charge is 2.01. The lowest BCUT2D eigenvalue weighted by Gasteiger charge is -2.08. The fraction of sp³-hybridized carbons (Fsp3) is 0.500. The van der Waals surface area contributed by atoms with Crippen LogP contribution in [0.25, 0.3) is 0 Å². The van der Waals surface area contributed by atoms with Crippen LogP contribution in [0.4, 0.5) is 0 Å². The lowest BCUT2D eigenvalue weighted by atomic mass is 10.7. The van der Waals surface area contributed by atoms with Gasteiger partial charge in [-0.15, -0.1) is 11.8 Å². The maximum Gasteiger partial charge on any atom is 0.116 e. The lowest BCUT2D eigenvalue weighted by molar-refractivity contribution is 0.437. The van der Waals surface area contributed by atoms with E-state index in [4.69, 9.17) is 0 Å². The fourth-order valence-corrected chi connectivity index (χ4v) is 2.26. The summed E-state index contributed by atoms with van der Waals surface area (Å²) in [5, 5.41) is 1.01. The third kappa shape index (κ3) is 4.06. The van der Waals surface area contributed by atoms with Crippen molar-refractivity contribution in [2.24, 2.45) is 0 Å². The normalized spacial score (nSPS) is 10.8. The van der Waals surface area contributed by atoms with E-state index in [2.05, 4.69) is 44.9 Å². The molecule has 0 aromatic carbocycles. The summed E-state index contributed by atoms with van der Waals surface area (Å²) in [6.45, 7) is 1.06. The Kier molecular flexibility index (Phi) is 4.69. The molecular formula is C8H12BrN3S. The van der Waals surface area contributed by atoms with Gasteiger partial charge < -0.3 is 4.90 Å². The van der Waals surface area contributed by atoms with Gasteiger partial charge in [0.2, 0.25) is 0 Å². The first-order valence-electron chi connectivity index (χ1n) is 3.93. The van der Waals surface area contributed by atoms with Gasteiger partial charge in [-0.2, -0.15) is 0 Å². The van der Waals surface area contributed by atoms with Crippen LogP contribution in [0, 0.1) is 0 Å². The Morgan fingerprint density at radius 1 is 1.54 bits per heavy atom. The Hall–Kier alpha value is -0.130. The van der Waals surface area contributed by atoms with Gasteiger partial charge in [0.25, 0.3) is 0 Å². The number of thioether (sulfide) groups is 1. The summed E-state index contributed by atoms with van der Waals surface area (Å²) in [5.41, 5.74) is 0. The van der Waals surface area contributed by atoms with Crippen LogP contribution in [-0.4, -0.2) is 41.3 Å². The summed E-state index contributed by atoms with van der Waals surface area (Å²) in [7, 11) is 4.13. The first-order chi connectivity index (χ1) is 6.20. The van der Waals surface area contributed by atoms with Crippen LogP contribution in [0.3, 0.4) is 0 Å². The lowest BCUT2D eigenvalue weighted by Crippen LogP contribution is -2.14. The van der Waals surface area contributed by atoms with Crippen molar-refractivity contribution in [2.45, 2.75) is 5.03 Å². The molecule has 0 amide bonds. The van der Waals surface area contributed by atoms with E-state index >= 15 is 0 Å². The molecule has 0 aliphatic carbocycles. The summed E-state index contributed by atoms with van der Waals surface area (Å²) >= 11 is 5.14. The van der Waals surface area contributed by atoms with Gasteiger partial charge in [-0.3, -0.25) is 0 Å². The summed E-state index contributed by atoms with van der Waals surface area (Å²) in [4.78, 5) is 10.2. The Labute approximate surface area is 91.1 Å². The molecule has 0 spiro atoms. The average Bonchev–Trinajstić information content (AvgIpc) is 2.08. The summed E-state index contributed by atoms with van der Waals surface area (Å²) < 4.78 is 0.971. The molecule has 1 heterocycles. The standard InChI is InChI=1S/C8H12BrN3S/c1-12(2)3-4-13-8-7(9)5-10-6-11-8/h5-6H,3-4H2,1-2H3. The Morgan fingerprint density at radius 2 is 2.31 bits per heavy atom. The molecule has 1 aromatic rings. The minimum atomic E-state index is 0.971. The van der Waals surface area contributed by atoms with Crippen molar-refractivity contribution >= 4 is 27.7 Å². The van der Waals surface area contributed by atoms with E-state index in [9.17, 15) is 0 Å². The van der Waals surface area contributed by atoms with E-state index in [1.165, 1.54) is 0 Å². The molecule has 0 aliphatic heterocycles. The summed E-state index contributed by atoms with van der Waals surface area (Å²) in [5.74, 6) is 1.04. The minimum Gasteiger partial charge on any atom is -0.309 e. The van der Waals surface area contributed by atoms with Gasteiger partial charge in [0.1, 0.15) is 11.4 Å². The van der Waals surface area contributed by atoms with Crippen LogP contribution < -0.4 is 0 Å². The van der Waals surface area contributed by atoms with Crippen molar-refractivity contribution in [3.63, 3.8) is 0 Å². The molecule has 3 nitrogen and oxygen atoms in total. The van der Waals surface area contributed by atoms with Crippen molar-refractivity contribution < 1.29 is 0 Å². The van der Waals surface area contributed by atoms with Crippen LogP contribution in [0.2, 0.25) is 0 Å². The predicted molar refractivity (Wildman–Crippen MR) is 59.0 cm³/mol. The average molecular weight is 262 g/mol. The molecule has 13 heavy (non-hydrogen) atoms. The Bertz CT molecular complexity index is 267. The van der Waals surface area contributed by atoms with E-state index in [0.29, 0.717) is 0 Å². The zero-order valence-corrected chi connectivity index (χ0v) is 10.1. The first-order valence-corrected chi connectivity index (χ1v) is 5.71. The molecule has 0 aliphatic rings. The van der Waals surface area contributed by atoms with Gasteiger partial charge in [0.15, 0.2) is 0 Å². The first kappa shape index (κ1) is 10.9. The highest BCUT2D eigenvalue weighted by molar-refractivity contribution is 9.10. The summed E-state index contributed by atoms with van der Waals surface area (Å²) in [6.07, 6.45) is 3.34. The number of nitrogens with zero attached hydrogens (tertiary/aromatic N) is 3. The van der Waals surface area contributed by atoms with Gasteiger partial charge in [0, 0.05) is 18.5 Å². The molecular weight excluding hydrogens is 250 g/mol. The van der Waals surface area contributed by atoms with Gasteiger partial charge >= 0.3 is 0 Å². The molecule has 0 N–H and O–H groups in total. The van der Waals surface area contributed by atoms with Crippen molar-refractivity contribution in [1.29, 1.82) is 0 Å². The molecule has 0 unspecified atom stereocenters. The fourth-order valence-electron chi connectivity index (χ4n) is 0.733. The van der Waals surface area contributed by atoms with Crippen LogP contribution in [0.15, 0.2) is 22.0 Å². The third-order valence-corrected chi connectivity index (χ3v) is 3.24. The monoisotopic (exact) mass is 261 g/mol. The van der Waals surface area contributed by atoms with Gasteiger partial charge in [-0.25, -0.2) is 9.97 Å². The second-order valence-corrected chi connectivity index (χ2v) is 4.77. The van der Waals surface area contributed by atoms with Crippen LogP contribution in [0.5, 0.6) is 0 Å². The number of aromatic nitrogens is 2. The van der Waals surface area contributed by atoms with Gasteiger partial charge in [-0.1, -0.05) is 0 Å². The second kappa shape index (κ2) is 5.57. The van der Waals surface area contributed by atoms with Crippen molar-refractivity contribution in [2.75, 3.05) is 26.4 Å².